The monoisotopic (exact) mass is 257 g/mol. The van der Waals surface area contributed by atoms with Crippen LogP contribution in [-0.2, 0) is 19.1 Å². The summed E-state index contributed by atoms with van der Waals surface area (Å²) in [4.78, 5) is 24.8. The first-order chi connectivity index (χ1) is 8.67. The molecule has 1 aliphatic heterocycles. The van der Waals surface area contributed by atoms with Crippen molar-refractivity contribution in [1.82, 2.24) is 4.90 Å². The summed E-state index contributed by atoms with van der Waals surface area (Å²) in [6.45, 7) is 7.10. The van der Waals surface area contributed by atoms with Crippen molar-refractivity contribution in [2.75, 3.05) is 39.5 Å². The van der Waals surface area contributed by atoms with Gasteiger partial charge >= 0.3 is 5.97 Å². The van der Waals surface area contributed by atoms with Gasteiger partial charge in [0.1, 0.15) is 12.4 Å². The Morgan fingerprint density at radius 3 is 2.89 bits per heavy atom. The molecule has 1 atom stereocenters. The van der Waals surface area contributed by atoms with E-state index in [1.165, 1.54) is 0 Å². The van der Waals surface area contributed by atoms with Crippen molar-refractivity contribution in [2.24, 2.45) is 5.92 Å². The molecular formula is C13H23NO4. The van der Waals surface area contributed by atoms with E-state index in [0.717, 1.165) is 26.1 Å². The Morgan fingerprint density at radius 1 is 1.44 bits per heavy atom. The average molecular weight is 257 g/mol. The number of esters is 1. The average Bonchev–Trinajstić information content (AvgIpc) is 2.37. The summed E-state index contributed by atoms with van der Waals surface area (Å²) in [7, 11) is 0. The normalized spacial score (nSPS) is 21.0. The molecule has 0 aromatic carbocycles. The lowest BCUT2D eigenvalue weighted by Gasteiger charge is -2.30. The summed E-state index contributed by atoms with van der Waals surface area (Å²) in [6, 6.07) is 0. The van der Waals surface area contributed by atoms with Gasteiger partial charge in [0.25, 0.3) is 0 Å². The highest BCUT2D eigenvalue weighted by molar-refractivity contribution is 5.82. The molecule has 5 nitrogen and oxygen atoms in total. The lowest BCUT2D eigenvalue weighted by molar-refractivity contribution is -0.148. The van der Waals surface area contributed by atoms with Gasteiger partial charge in [0, 0.05) is 32.0 Å². The molecular weight excluding hydrogens is 234 g/mol. The highest BCUT2D eigenvalue weighted by Gasteiger charge is 2.25. The number of hydrogen-bond donors (Lipinski definition) is 0. The Balaban J connectivity index is 2.12. The summed E-state index contributed by atoms with van der Waals surface area (Å²) in [5.41, 5.74) is 0. The quantitative estimate of drug-likeness (QED) is 0.500. The van der Waals surface area contributed by atoms with Gasteiger partial charge in [-0.05, 0) is 13.3 Å². The summed E-state index contributed by atoms with van der Waals surface area (Å²) in [5, 5.41) is 0. The number of ether oxygens (including phenoxy) is 2. The Kier molecular flexibility index (Phi) is 6.90. The SMILES string of the molecule is CCOC(=O)COCCN1CCC(=O)C(CC)C1. The minimum absolute atomic E-state index is 0.0117. The molecule has 0 aromatic heterocycles. The molecule has 1 rings (SSSR count). The van der Waals surface area contributed by atoms with Crippen LogP contribution in [0.15, 0.2) is 0 Å². The third-order valence-electron chi connectivity index (χ3n) is 3.18. The molecule has 1 unspecified atom stereocenters. The van der Waals surface area contributed by atoms with Gasteiger partial charge in [0.2, 0.25) is 0 Å². The van der Waals surface area contributed by atoms with E-state index in [-0.39, 0.29) is 18.5 Å². The van der Waals surface area contributed by atoms with Crippen LogP contribution in [0.1, 0.15) is 26.7 Å². The molecule has 1 saturated heterocycles. The molecule has 104 valence electrons. The second kappa shape index (κ2) is 8.21. The van der Waals surface area contributed by atoms with Crippen LogP contribution in [0.3, 0.4) is 0 Å². The molecule has 1 heterocycles. The van der Waals surface area contributed by atoms with Gasteiger partial charge in [-0.2, -0.15) is 0 Å². The maximum Gasteiger partial charge on any atom is 0.332 e. The standard InChI is InChI=1S/C13H23NO4/c1-3-11-9-14(6-5-12(11)15)7-8-17-10-13(16)18-4-2/h11H,3-10H2,1-2H3. The molecule has 0 aliphatic carbocycles. The predicted octanol–water partition coefficient (Wildman–Crippen LogP) is 0.867. The minimum atomic E-state index is -0.322. The molecule has 0 aromatic rings. The highest BCUT2D eigenvalue weighted by atomic mass is 16.6. The first kappa shape index (κ1) is 15.1. The topological polar surface area (TPSA) is 55.8 Å². The van der Waals surface area contributed by atoms with Crippen molar-refractivity contribution in [3.05, 3.63) is 0 Å². The van der Waals surface area contributed by atoms with Crippen molar-refractivity contribution in [1.29, 1.82) is 0 Å². The van der Waals surface area contributed by atoms with Crippen LogP contribution in [0.5, 0.6) is 0 Å². The van der Waals surface area contributed by atoms with Crippen LogP contribution in [0.25, 0.3) is 0 Å². The third kappa shape index (κ3) is 5.14. The highest BCUT2D eigenvalue weighted by Crippen LogP contribution is 2.15. The number of nitrogens with zero attached hydrogens (tertiary/aromatic N) is 1. The summed E-state index contributed by atoms with van der Waals surface area (Å²) in [5.74, 6) is 0.225. The van der Waals surface area contributed by atoms with Crippen LogP contribution in [0.4, 0.5) is 0 Å². The van der Waals surface area contributed by atoms with Crippen molar-refractivity contribution in [3.63, 3.8) is 0 Å². The van der Waals surface area contributed by atoms with Crippen molar-refractivity contribution < 1.29 is 19.1 Å². The molecule has 1 aliphatic rings. The van der Waals surface area contributed by atoms with Gasteiger partial charge in [-0.25, -0.2) is 4.79 Å². The second-order valence-electron chi connectivity index (χ2n) is 4.48. The molecule has 0 spiro atoms. The summed E-state index contributed by atoms with van der Waals surface area (Å²) >= 11 is 0. The number of piperidine rings is 1. The van der Waals surface area contributed by atoms with E-state index in [4.69, 9.17) is 9.47 Å². The number of ketones is 1. The van der Waals surface area contributed by atoms with Crippen molar-refractivity contribution >= 4 is 11.8 Å². The summed E-state index contributed by atoms with van der Waals surface area (Å²) in [6.07, 6.45) is 1.54. The smallest absolute Gasteiger partial charge is 0.332 e. The Hall–Kier alpha value is -0.940. The van der Waals surface area contributed by atoms with Crippen LogP contribution >= 0.6 is 0 Å². The van der Waals surface area contributed by atoms with Gasteiger partial charge in [0.15, 0.2) is 0 Å². The zero-order chi connectivity index (χ0) is 13.4. The van der Waals surface area contributed by atoms with Gasteiger partial charge < -0.3 is 9.47 Å². The van der Waals surface area contributed by atoms with E-state index < -0.39 is 0 Å². The number of hydrogen-bond acceptors (Lipinski definition) is 5. The predicted molar refractivity (Wildman–Crippen MR) is 67.3 cm³/mol. The van der Waals surface area contributed by atoms with Gasteiger partial charge in [-0.15, -0.1) is 0 Å². The van der Waals surface area contributed by atoms with E-state index in [1.54, 1.807) is 6.92 Å². The molecule has 0 N–H and O–H groups in total. The van der Waals surface area contributed by atoms with Crippen LogP contribution < -0.4 is 0 Å². The van der Waals surface area contributed by atoms with E-state index >= 15 is 0 Å². The number of Topliss-reactive ketones (excluding diaryl/α,β-unsaturated/α-hetero) is 1. The van der Waals surface area contributed by atoms with Crippen molar-refractivity contribution in [2.45, 2.75) is 26.7 Å². The Labute approximate surface area is 108 Å². The van der Waals surface area contributed by atoms with Gasteiger partial charge in [0.05, 0.1) is 13.2 Å². The largest absolute Gasteiger partial charge is 0.464 e. The Bertz CT molecular complexity index is 280. The molecule has 0 saturated carbocycles. The third-order valence-corrected chi connectivity index (χ3v) is 3.18. The van der Waals surface area contributed by atoms with E-state index in [2.05, 4.69) is 4.90 Å². The zero-order valence-electron chi connectivity index (χ0n) is 11.3. The molecule has 0 amide bonds. The first-order valence-corrected chi connectivity index (χ1v) is 6.65. The number of carbonyl (C=O) groups excluding carboxylic acids is 2. The molecule has 1 fully saturated rings. The van der Waals surface area contributed by atoms with E-state index in [9.17, 15) is 9.59 Å². The molecule has 18 heavy (non-hydrogen) atoms. The summed E-state index contributed by atoms with van der Waals surface area (Å²) < 4.78 is 10.0. The van der Waals surface area contributed by atoms with E-state index in [0.29, 0.717) is 25.4 Å². The lowest BCUT2D eigenvalue weighted by atomic mass is 9.94. The molecule has 5 heteroatoms. The zero-order valence-corrected chi connectivity index (χ0v) is 11.3. The fourth-order valence-electron chi connectivity index (χ4n) is 2.09. The number of likely N-dealkylation sites (tertiary alicyclic amines) is 1. The van der Waals surface area contributed by atoms with Gasteiger partial charge in [-0.1, -0.05) is 6.92 Å². The fraction of sp³-hybridized carbons (Fsp3) is 0.846. The Morgan fingerprint density at radius 2 is 2.22 bits per heavy atom. The second-order valence-corrected chi connectivity index (χ2v) is 4.48. The van der Waals surface area contributed by atoms with Gasteiger partial charge in [-0.3, -0.25) is 9.69 Å². The van der Waals surface area contributed by atoms with Crippen LogP contribution in [0.2, 0.25) is 0 Å². The number of rotatable bonds is 7. The first-order valence-electron chi connectivity index (χ1n) is 6.65. The molecule has 0 bridgehead atoms. The minimum Gasteiger partial charge on any atom is -0.464 e. The fourth-order valence-corrected chi connectivity index (χ4v) is 2.09. The van der Waals surface area contributed by atoms with Crippen molar-refractivity contribution in [3.8, 4) is 0 Å². The van der Waals surface area contributed by atoms with E-state index in [1.807, 2.05) is 6.92 Å². The van der Waals surface area contributed by atoms with Crippen LogP contribution in [-0.4, -0.2) is 56.1 Å². The molecule has 0 radical (unpaired) electrons. The van der Waals surface area contributed by atoms with Crippen LogP contribution in [0, 0.1) is 5.92 Å². The number of carbonyl (C=O) groups is 2. The lowest BCUT2D eigenvalue weighted by Crippen LogP contribution is -2.42. The maximum absolute atomic E-state index is 11.5. The maximum atomic E-state index is 11.5.